The largest absolute Gasteiger partial charge is 0.398 e. The number of nitrogen functional groups attached to an aromatic ring is 1. The van der Waals surface area contributed by atoms with Crippen molar-refractivity contribution >= 4 is 17.0 Å². The van der Waals surface area contributed by atoms with Gasteiger partial charge in [0.05, 0.1) is 6.10 Å². The van der Waals surface area contributed by atoms with Gasteiger partial charge in [-0.1, -0.05) is 31.0 Å². The molecule has 1 aliphatic carbocycles. The van der Waals surface area contributed by atoms with Crippen molar-refractivity contribution in [3.8, 4) is 0 Å². The summed E-state index contributed by atoms with van der Waals surface area (Å²) in [6.07, 6.45) is 5.48. The van der Waals surface area contributed by atoms with E-state index in [1.54, 1.807) is 0 Å². The Kier molecular flexibility index (Phi) is 3.04. The summed E-state index contributed by atoms with van der Waals surface area (Å²) < 4.78 is 6.47. The van der Waals surface area contributed by atoms with Gasteiger partial charge in [0.2, 0.25) is 0 Å². The zero-order valence-corrected chi connectivity index (χ0v) is 12.2. The second-order valence-electron chi connectivity index (χ2n) is 5.81. The van der Waals surface area contributed by atoms with Crippen LogP contribution in [0.1, 0.15) is 53.7 Å². The maximum absolute atomic E-state index is 6.47. The SMILES string of the molecule is Nc1ccccc1[C@@H]1O[C@H]2CCCC[C@@H]2c2sccc21. The molecule has 0 bridgehead atoms. The van der Waals surface area contributed by atoms with Crippen molar-refractivity contribution in [1.29, 1.82) is 0 Å². The van der Waals surface area contributed by atoms with Crippen molar-refractivity contribution in [3.63, 3.8) is 0 Å². The maximum atomic E-state index is 6.47. The van der Waals surface area contributed by atoms with Crippen molar-refractivity contribution in [1.82, 2.24) is 0 Å². The highest BCUT2D eigenvalue weighted by atomic mass is 32.1. The Hall–Kier alpha value is -1.32. The monoisotopic (exact) mass is 285 g/mol. The van der Waals surface area contributed by atoms with Crippen LogP contribution in [0.25, 0.3) is 0 Å². The van der Waals surface area contributed by atoms with Crippen LogP contribution in [0.3, 0.4) is 0 Å². The fourth-order valence-electron chi connectivity index (χ4n) is 3.65. The van der Waals surface area contributed by atoms with E-state index >= 15 is 0 Å². The van der Waals surface area contributed by atoms with Crippen LogP contribution in [0.15, 0.2) is 35.7 Å². The Morgan fingerprint density at radius 1 is 1.05 bits per heavy atom. The average Bonchev–Trinajstić information content (AvgIpc) is 2.97. The van der Waals surface area contributed by atoms with Gasteiger partial charge in [-0.25, -0.2) is 0 Å². The van der Waals surface area contributed by atoms with E-state index in [1.165, 1.54) is 36.1 Å². The third-order valence-electron chi connectivity index (χ3n) is 4.64. The fourth-order valence-corrected chi connectivity index (χ4v) is 4.76. The van der Waals surface area contributed by atoms with Gasteiger partial charge >= 0.3 is 0 Å². The van der Waals surface area contributed by atoms with Crippen molar-refractivity contribution in [2.24, 2.45) is 0 Å². The molecule has 20 heavy (non-hydrogen) atoms. The third kappa shape index (κ3) is 1.88. The van der Waals surface area contributed by atoms with Crippen molar-refractivity contribution in [3.05, 3.63) is 51.7 Å². The van der Waals surface area contributed by atoms with Crippen LogP contribution in [0.5, 0.6) is 0 Å². The number of nitrogens with two attached hydrogens (primary N) is 1. The molecule has 0 radical (unpaired) electrons. The second kappa shape index (κ2) is 4.90. The van der Waals surface area contributed by atoms with Gasteiger partial charge in [0, 0.05) is 22.0 Å². The minimum absolute atomic E-state index is 0.0248. The summed E-state index contributed by atoms with van der Waals surface area (Å²) in [4.78, 5) is 1.54. The first kappa shape index (κ1) is 12.4. The lowest BCUT2D eigenvalue weighted by atomic mass is 9.80. The molecule has 104 valence electrons. The molecular weight excluding hydrogens is 266 g/mol. The molecule has 1 aromatic carbocycles. The first-order valence-corrected chi connectivity index (χ1v) is 8.29. The first-order valence-electron chi connectivity index (χ1n) is 7.42. The summed E-state index contributed by atoms with van der Waals surface area (Å²) in [6, 6.07) is 10.3. The average molecular weight is 285 g/mol. The smallest absolute Gasteiger partial charge is 0.111 e. The van der Waals surface area contributed by atoms with Gasteiger partial charge < -0.3 is 10.5 Å². The minimum atomic E-state index is 0.0248. The van der Waals surface area contributed by atoms with Crippen LogP contribution in [0.2, 0.25) is 0 Å². The Morgan fingerprint density at radius 2 is 1.90 bits per heavy atom. The van der Waals surface area contributed by atoms with E-state index in [0.29, 0.717) is 12.0 Å². The zero-order valence-electron chi connectivity index (χ0n) is 11.4. The van der Waals surface area contributed by atoms with Gasteiger partial charge in [-0.3, -0.25) is 0 Å². The molecule has 3 atom stereocenters. The lowest BCUT2D eigenvalue weighted by molar-refractivity contribution is -0.0371. The summed E-state index contributed by atoms with van der Waals surface area (Å²) in [5, 5.41) is 2.21. The van der Waals surface area contributed by atoms with E-state index in [1.807, 2.05) is 29.5 Å². The molecule has 2 aliphatic rings. The molecule has 2 heterocycles. The highest BCUT2D eigenvalue weighted by Crippen LogP contribution is 2.49. The molecule has 1 aromatic heterocycles. The minimum Gasteiger partial charge on any atom is -0.398 e. The normalized spacial score (nSPS) is 28.7. The number of thiophene rings is 1. The Labute approximate surface area is 123 Å². The summed E-state index contributed by atoms with van der Waals surface area (Å²) in [6.45, 7) is 0. The summed E-state index contributed by atoms with van der Waals surface area (Å²) >= 11 is 1.89. The van der Waals surface area contributed by atoms with Gasteiger partial charge in [0.15, 0.2) is 0 Å². The quantitative estimate of drug-likeness (QED) is 0.784. The lowest BCUT2D eigenvalue weighted by Gasteiger charge is -2.39. The Morgan fingerprint density at radius 3 is 2.80 bits per heavy atom. The van der Waals surface area contributed by atoms with Crippen LogP contribution in [-0.4, -0.2) is 6.10 Å². The maximum Gasteiger partial charge on any atom is 0.111 e. The molecular formula is C17H19NOS. The standard InChI is InChI=1S/C17H19NOS/c18-14-7-3-1-5-11(14)16-13-9-10-20-17(13)12-6-2-4-8-15(12)19-16/h1,3,5,7,9-10,12,15-16H,2,4,6,8,18H2/t12-,15-,16-/m0/s1. The van der Waals surface area contributed by atoms with Gasteiger partial charge in [0.1, 0.15) is 6.10 Å². The molecule has 2 nitrogen and oxygen atoms in total. The molecule has 3 heteroatoms. The highest BCUT2D eigenvalue weighted by molar-refractivity contribution is 7.10. The molecule has 0 unspecified atom stereocenters. The molecule has 0 saturated heterocycles. The fraction of sp³-hybridized carbons (Fsp3) is 0.412. The Bertz CT molecular complexity index is 621. The molecule has 0 amide bonds. The van der Waals surface area contributed by atoms with Crippen LogP contribution in [0, 0.1) is 0 Å². The van der Waals surface area contributed by atoms with Crippen LogP contribution >= 0.6 is 11.3 Å². The van der Waals surface area contributed by atoms with Crippen LogP contribution in [-0.2, 0) is 4.74 Å². The number of fused-ring (bicyclic) bond motifs is 3. The highest BCUT2D eigenvalue weighted by Gasteiger charge is 2.38. The van der Waals surface area contributed by atoms with E-state index in [9.17, 15) is 0 Å². The van der Waals surface area contributed by atoms with Crippen LogP contribution in [0.4, 0.5) is 5.69 Å². The second-order valence-corrected chi connectivity index (χ2v) is 6.76. The number of hydrogen-bond donors (Lipinski definition) is 1. The number of anilines is 1. The molecule has 4 rings (SSSR count). The number of rotatable bonds is 1. The van der Waals surface area contributed by atoms with Crippen molar-refractivity contribution in [2.45, 2.75) is 43.8 Å². The molecule has 0 spiro atoms. The van der Waals surface area contributed by atoms with E-state index in [-0.39, 0.29) is 6.10 Å². The predicted octanol–water partition coefficient (Wildman–Crippen LogP) is 4.48. The molecule has 1 saturated carbocycles. The van der Waals surface area contributed by atoms with E-state index in [4.69, 9.17) is 10.5 Å². The van der Waals surface area contributed by atoms with Gasteiger partial charge in [-0.05, 0) is 35.9 Å². The molecule has 2 N–H and O–H groups in total. The van der Waals surface area contributed by atoms with E-state index < -0.39 is 0 Å². The van der Waals surface area contributed by atoms with Crippen molar-refractivity contribution in [2.75, 3.05) is 5.73 Å². The first-order chi connectivity index (χ1) is 9.84. The molecule has 1 aliphatic heterocycles. The van der Waals surface area contributed by atoms with Gasteiger partial charge in [0.25, 0.3) is 0 Å². The summed E-state index contributed by atoms with van der Waals surface area (Å²) in [7, 11) is 0. The Balaban J connectivity index is 1.80. The van der Waals surface area contributed by atoms with Crippen LogP contribution < -0.4 is 5.73 Å². The van der Waals surface area contributed by atoms with Gasteiger partial charge in [-0.2, -0.15) is 0 Å². The number of hydrogen-bond acceptors (Lipinski definition) is 3. The predicted molar refractivity (Wildman–Crippen MR) is 83.1 cm³/mol. The topological polar surface area (TPSA) is 35.2 Å². The molecule has 1 fully saturated rings. The molecule has 2 aromatic rings. The summed E-state index contributed by atoms with van der Waals surface area (Å²) in [5.74, 6) is 0.611. The number of benzene rings is 1. The number of ether oxygens (including phenoxy) is 1. The lowest BCUT2D eigenvalue weighted by Crippen LogP contribution is -2.32. The van der Waals surface area contributed by atoms with Gasteiger partial charge in [-0.15, -0.1) is 11.3 Å². The van der Waals surface area contributed by atoms with Crippen molar-refractivity contribution < 1.29 is 4.74 Å². The van der Waals surface area contributed by atoms with E-state index in [0.717, 1.165) is 11.3 Å². The third-order valence-corrected chi connectivity index (χ3v) is 5.70. The summed E-state index contributed by atoms with van der Waals surface area (Å²) in [5.41, 5.74) is 9.47. The van der Waals surface area contributed by atoms with E-state index in [2.05, 4.69) is 17.5 Å². The zero-order chi connectivity index (χ0) is 13.5. The number of para-hydroxylation sites is 1.